The lowest BCUT2D eigenvalue weighted by atomic mass is 10.0. The number of rotatable bonds is 5. The maximum atomic E-state index is 12.4. The summed E-state index contributed by atoms with van der Waals surface area (Å²) in [6, 6.07) is 6.15. The molecule has 1 aromatic rings. The second kappa shape index (κ2) is 6.85. The smallest absolute Gasteiger partial charge is 0.387 e. The third-order valence-corrected chi connectivity index (χ3v) is 3.80. The van der Waals surface area contributed by atoms with Crippen molar-refractivity contribution in [1.29, 1.82) is 0 Å². The zero-order valence-electron chi connectivity index (χ0n) is 11.9. The molecule has 1 aliphatic rings. The molecule has 0 saturated heterocycles. The third-order valence-electron chi connectivity index (χ3n) is 3.80. The molecule has 2 rings (SSSR count). The van der Waals surface area contributed by atoms with Crippen molar-refractivity contribution < 1.29 is 18.3 Å². The maximum absolute atomic E-state index is 12.4. The lowest BCUT2D eigenvalue weighted by Gasteiger charge is -2.20. The van der Waals surface area contributed by atoms with Crippen LogP contribution in [0.1, 0.15) is 37.8 Å². The SMILES string of the molecule is CC(NC(=O)C1CCC(N)C1)c1ccccc1OC(F)F. The molecule has 0 aliphatic heterocycles. The molecule has 1 fully saturated rings. The van der Waals surface area contributed by atoms with Gasteiger partial charge in [-0.15, -0.1) is 0 Å². The summed E-state index contributed by atoms with van der Waals surface area (Å²) in [4.78, 5) is 12.2. The second-order valence-corrected chi connectivity index (χ2v) is 5.42. The molecule has 116 valence electrons. The van der Waals surface area contributed by atoms with E-state index in [2.05, 4.69) is 10.1 Å². The molecule has 4 nitrogen and oxygen atoms in total. The van der Waals surface area contributed by atoms with Crippen LogP contribution in [-0.4, -0.2) is 18.6 Å². The molecule has 0 heterocycles. The van der Waals surface area contributed by atoms with Gasteiger partial charge in [0, 0.05) is 17.5 Å². The topological polar surface area (TPSA) is 64.4 Å². The van der Waals surface area contributed by atoms with E-state index in [9.17, 15) is 13.6 Å². The van der Waals surface area contributed by atoms with Gasteiger partial charge < -0.3 is 15.8 Å². The Bertz CT molecular complexity index is 496. The van der Waals surface area contributed by atoms with Crippen molar-refractivity contribution in [2.75, 3.05) is 0 Å². The molecular formula is C15H20F2N2O2. The molecule has 21 heavy (non-hydrogen) atoms. The number of nitrogens with one attached hydrogen (secondary N) is 1. The number of benzene rings is 1. The highest BCUT2D eigenvalue weighted by atomic mass is 19.3. The minimum Gasteiger partial charge on any atom is -0.434 e. The van der Waals surface area contributed by atoms with Crippen molar-refractivity contribution >= 4 is 5.91 Å². The largest absolute Gasteiger partial charge is 0.434 e. The summed E-state index contributed by atoms with van der Waals surface area (Å²) in [6.07, 6.45) is 2.29. The number of halogens is 2. The Balaban J connectivity index is 2.03. The molecule has 0 radical (unpaired) electrons. The predicted octanol–water partition coefficient (Wildman–Crippen LogP) is 2.59. The Labute approximate surface area is 122 Å². The summed E-state index contributed by atoms with van der Waals surface area (Å²) in [7, 11) is 0. The van der Waals surface area contributed by atoms with Crippen molar-refractivity contribution in [3.05, 3.63) is 29.8 Å². The zero-order valence-corrected chi connectivity index (χ0v) is 11.9. The van der Waals surface area contributed by atoms with E-state index in [1.54, 1.807) is 25.1 Å². The number of nitrogens with two attached hydrogens (primary N) is 1. The van der Waals surface area contributed by atoms with Crippen LogP contribution in [0.15, 0.2) is 24.3 Å². The van der Waals surface area contributed by atoms with Crippen molar-refractivity contribution in [2.45, 2.75) is 44.9 Å². The normalized spacial score (nSPS) is 23.1. The Morgan fingerprint density at radius 3 is 2.71 bits per heavy atom. The van der Waals surface area contributed by atoms with Gasteiger partial charge in [-0.25, -0.2) is 0 Å². The predicted molar refractivity (Wildman–Crippen MR) is 74.9 cm³/mol. The van der Waals surface area contributed by atoms with Crippen LogP contribution in [0.25, 0.3) is 0 Å². The van der Waals surface area contributed by atoms with Gasteiger partial charge in [-0.3, -0.25) is 4.79 Å². The maximum Gasteiger partial charge on any atom is 0.387 e. The first-order valence-corrected chi connectivity index (χ1v) is 7.07. The fourth-order valence-electron chi connectivity index (χ4n) is 2.71. The van der Waals surface area contributed by atoms with E-state index in [-0.39, 0.29) is 23.6 Å². The first-order chi connectivity index (χ1) is 9.97. The van der Waals surface area contributed by atoms with Gasteiger partial charge >= 0.3 is 6.61 Å². The third kappa shape index (κ3) is 4.14. The van der Waals surface area contributed by atoms with Crippen LogP contribution in [0.2, 0.25) is 0 Å². The van der Waals surface area contributed by atoms with Gasteiger partial charge in [0.2, 0.25) is 5.91 Å². The second-order valence-electron chi connectivity index (χ2n) is 5.42. The number of ether oxygens (including phenoxy) is 1. The molecule has 0 aromatic heterocycles. The van der Waals surface area contributed by atoms with Crippen molar-refractivity contribution in [3.8, 4) is 5.75 Å². The quantitative estimate of drug-likeness (QED) is 0.878. The summed E-state index contributed by atoms with van der Waals surface area (Å²) < 4.78 is 29.3. The fraction of sp³-hybridized carbons (Fsp3) is 0.533. The van der Waals surface area contributed by atoms with Gasteiger partial charge in [-0.2, -0.15) is 8.78 Å². The molecule has 6 heteroatoms. The molecule has 1 amide bonds. The minimum atomic E-state index is -2.89. The summed E-state index contributed by atoms with van der Waals surface area (Å²) in [5.41, 5.74) is 6.34. The Morgan fingerprint density at radius 1 is 1.38 bits per heavy atom. The Kier molecular flexibility index (Phi) is 5.12. The molecule has 1 aromatic carbocycles. The van der Waals surface area contributed by atoms with Crippen molar-refractivity contribution in [1.82, 2.24) is 5.32 Å². The molecule has 3 unspecified atom stereocenters. The van der Waals surface area contributed by atoms with Crippen LogP contribution in [0.4, 0.5) is 8.78 Å². The van der Waals surface area contributed by atoms with Gasteiger partial charge in [0.05, 0.1) is 6.04 Å². The number of amides is 1. The molecule has 0 bridgehead atoms. The van der Waals surface area contributed by atoms with Gasteiger partial charge in [-0.1, -0.05) is 18.2 Å². The summed E-state index contributed by atoms with van der Waals surface area (Å²) in [6.45, 7) is -1.14. The van der Waals surface area contributed by atoms with Gasteiger partial charge in [0.25, 0.3) is 0 Å². The Hall–Kier alpha value is -1.69. The number of carbonyl (C=O) groups is 1. The number of hydrogen-bond acceptors (Lipinski definition) is 3. The standard InChI is InChI=1S/C15H20F2N2O2/c1-9(19-14(20)10-6-7-11(18)8-10)12-4-2-3-5-13(12)21-15(16)17/h2-5,9-11,15H,6-8,18H2,1H3,(H,19,20). The van der Waals surface area contributed by atoms with E-state index in [0.717, 1.165) is 12.8 Å². The van der Waals surface area contributed by atoms with E-state index in [4.69, 9.17) is 5.73 Å². The Morgan fingerprint density at radius 2 is 2.10 bits per heavy atom. The monoisotopic (exact) mass is 298 g/mol. The first-order valence-electron chi connectivity index (χ1n) is 7.07. The lowest BCUT2D eigenvalue weighted by molar-refractivity contribution is -0.125. The van der Waals surface area contributed by atoms with Crippen LogP contribution in [-0.2, 0) is 4.79 Å². The summed E-state index contributed by atoms with van der Waals surface area (Å²) >= 11 is 0. The van der Waals surface area contributed by atoms with Crippen molar-refractivity contribution in [2.24, 2.45) is 11.7 Å². The van der Waals surface area contributed by atoms with E-state index < -0.39 is 12.7 Å². The van der Waals surface area contributed by atoms with Gasteiger partial charge in [-0.05, 0) is 32.3 Å². The highest BCUT2D eigenvalue weighted by Gasteiger charge is 2.29. The van der Waals surface area contributed by atoms with E-state index in [1.807, 2.05) is 0 Å². The van der Waals surface area contributed by atoms with Gasteiger partial charge in [0.1, 0.15) is 5.75 Å². The van der Waals surface area contributed by atoms with E-state index in [0.29, 0.717) is 12.0 Å². The zero-order chi connectivity index (χ0) is 15.4. The highest BCUT2D eigenvalue weighted by Crippen LogP contribution is 2.28. The molecule has 0 spiro atoms. The molecule has 1 saturated carbocycles. The average Bonchev–Trinajstić information content (AvgIpc) is 2.85. The van der Waals surface area contributed by atoms with Crippen LogP contribution < -0.4 is 15.8 Å². The summed E-state index contributed by atoms with van der Waals surface area (Å²) in [5.74, 6) is -0.0867. The van der Waals surface area contributed by atoms with Crippen LogP contribution in [0, 0.1) is 5.92 Å². The minimum absolute atomic E-state index is 0.0745. The number of para-hydroxylation sites is 1. The van der Waals surface area contributed by atoms with Crippen LogP contribution in [0.5, 0.6) is 5.75 Å². The van der Waals surface area contributed by atoms with E-state index in [1.165, 1.54) is 6.07 Å². The van der Waals surface area contributed by atoms with Crippen LogP contribution >= 0.6 is 0 Å². The van der Waals surface area contributed by atoms with Crippen molar-refractivity contribution in [3.63, 3.8) is 0 Å². The lowest BCUT2D eigenvalue weighted by Crippen LogP contribution is -2.32. The highest BCUT2D eigenvalue weighted by molar-refractivity contribution is 5.79. The summed E-state index contributed by atoms with van der Waals surface area (Å²) in [5, 5.41) is 2.85. The number of carbonyl (C=O) groups excluding carboxylic acids is 1. The van der Waals surface area contributed by atoms with Gasteiger partial charge in [0.15, 0.2) is 0 Å². The number of hydrogen-bond donors (Lipinski definition) is 2. The molecular weight excluding hydrogens is 278 g/mol. The number of alkyl halides is 2. The van der Waals surface area contributed by atoms with Crippen LogP contribution in [0.3, 0.4) is 0 Å². The molecule has 3 N–H and O–H groups in total. The molecule has 1 aliphatic carbocycles. The molecule has 3 atom stereocenters. The first kappa shape index (κ1) is 15.7. The van der Waals surface area contributed by atoms with E-state index >= 15 is 0 Å². The fourth-order valence-corrected chi connectivity index (χ4v) is 2.71. The average molecular weight is 298 g/mol.